The van der Waals surface area contributed by atoms with Gasteiger partial charge in [-0.15, -0.1) is 0 Å². The molecule has 2 N–H and O–H groups in total. The van der Waals surface area contributed by atoms with Gasteiger partial charge in [-0.2, -0.15) is 0 Å². The molecule has 0 unspecified atom stereocenters. The van der Waals surface area contributed by atoms with Gasteiger partial charge in [0.25, 0.3) is 5.91 Å². The minimum Gasteiger partial charge on any atom is -0.322 e. The van der Waals surface area contributed by atoms with Crippen LogP contribution in [0.25, 0.3) is 0 Å². The summed E-state index contributed by atoms with van der Waals surface area (Å²) in [4.78, 5) is 23.4. The molecule has 0 saturated carbocycles. The Kier molecular flexibility index (Phi) is 3.54. The Labute approximate surface area is 123 Å². The van der Waals surface area contributed by atoms with Crippen LogP contribution in [0.1, 0.15) is 38.8 Å². The van der Waals surface area contributed by atoms with E-state index in [1.165, 1.54) is 18.1 Å². The van der Waals surface area contributed by atoms with Gasteiger partial charge in [-0.3, -0.25) is 9.59 Å². The molecule has 4 heteroatoms. The Bertz CT molecular complexity index is 705. The molecule has 0 bridgehead atoms. The van der Waals surface area contributed by atoms with E-state index in [4.69, 9.17) is 0 Å². The number of fused-ring (bicyclic) bond motifs is 1. The van der Waals surface area contributed by atoms with Crippen LogP contribution in [-0.2, 0) is 13.1 Å². The highest BCUT2D eigenvalue weighted by Gasteiger charge is 2.13. The van der Waals surface area contributed by atoms with Crippen LogP contribution in [0, 0.1) is 0 Å². The second-order valence-corrected chi connectivity index (χ2v) is 5.17. The maximum Gasteiger partial charge on any atom is 0.255 e. The summed E-state index contributed by atoms with van der Waals surface area (Å²) in [5.41, 5.74) is 4.39. The highest BCUT2D eigenvalue weighted by atomic mass is 16.1. The summed E-state index contributed by atoms with van der Waals surface area (Å²) in [5.74, 6) is -0.126. The molecular formula is C17H16N2O2. The van der Waals surface area contributed by atoms with Crippen LogP contribution in [0.15, 0.2) is 42.5 Å². The number of anilines is 1. The number of Topliss-reactive ketones (excluding diaryl/α,β-unsaturated/α-hetero) is 1. The molecule has 4 nitrogen and oxygen atoms in total. The van der Waals surface area contributed by atoms with Gasteiger partial charge < -0.3 is 10.6 Å². The van der Waals surface area contributed by atoms with Gasteiger partial charge in [0.1, 0.15) is 0 Å². The highest BCUT2D eigenvalue weighted by molar-refractivity contribution is 6.04. The van der Waals surface area contributed by atoms with E-state index in [0.29, 0.717) is 16.8 Å². The van der Waals surface area contributed by atoms with E-state index in [1.807, 2.05) is 18.2 Å². The molecule has 0 aromatic heterocycles. The van der Waals surface area contributed by atoms with E-state index in [2.05, 4.69) is 10.6 Å². The van der Waals surface area contributed by atoms with Crippen LogP contribution in [0.2, 0.25) is 0 Å². The molecule has 1 aliphatic rings. The second kappa shape index (κ2) is 5.50. The Morgan fingerprint density at radius 3 is 2.33 bits per heavy atom. The summed E-state index contributed by atoms with van der Waals surface area (Å²) in [6.45, 7) is 3.19. The second-order valence-electron chi connectivity index (χ2n) is 5.17. The van der Waals surface area contributed by atoms with Gasteiger partial charge in [0.05, 0.1) is 0 Å². The molecule has 2 aromatic rings. The highest BCUT2D eigenvalue weighted by Crippen LogP contribution is 2.18. The number of carbonyl (C=O) groups excluding carboxylic acids is 2. The zero-order valence-corrected chi connectivity index (χ0v) is 11.8. The lowest BCUT2D eigenvalue weighted by atomic mass is 10.1. The van der Waals surface area contributed by atoms with Crippen LogP contribution in [-0.4, -0.2) is 11.7 Å². The molecule has 1 amide bonds. The average Bonchev–Trinajstić information content (AvgIpc) is 2.95. The van der Waals surface area contributed by atoms with Crippen molar-refractivity contribution in [1.29, 1.82) is 0 Å². The predicted octanol–water partition coefficient (Wildman–Crippen LogP) is 2.74. The van der Waals surface area contributed by atoms with Gasteiger partial charge in [-0.05, 0) is 54.4 Å². The number of ketones is 1. The molecule has 0 aliphatic carbocycles. The van der Waals surface area contributed by atoms with Gasteiger partial charge in [0.15, 0.2) is 5.78 Å². The van der Waals surface area contributed by atoms with Crippen molar-refractivity contribution in [2.24, 2.45) is 0 Å². The first kappa shape index (κ1) is 13.5. The number of benzene rings is 2. The largest absolute Gasteiger partial charge is 0.322 e. The van der Waals surface area contributed by atoms with Crippen LogP contribution < -0.4 is 10.6 Å². The fraction of sp³-hybridized carbons (Fsp3) is 0.176. The van der Waals surface area contributed by atoms with Crippen molar-refractivity contribution in [2.75, 3.05) is 5.32 Å². The molecule has 0 spiro atoms. The molecule has 1 aliphatic heterocycles. The molecule has 21 heavy (non-hydrogen) atoms. The Morgan fingerprint density at radius 2 is 1.62 bits per heavy atom. The molecule has 0 radical (unpaired) electrons. The van der Waals surface area contributed by atoms with E-state index >= 15 is 0 Å². The first-order valence-corrected chi connectivity index (χ1v) is 6.88. The predicted molar refractivity (Wildman–Crippen MR) is 81.4 cm³/mol. The zero-order chi connectivity index (χ0) is 14.8. The third-order valence-electron chi connectivity index (χ3n) is 3.65. The van der Waals surface area contributed by atoms with Crippen molar-refractivity contribution < 1.29 is 9.59 Å². The van der Waals surface area contributed by atoms with Crippen molar-refractivity contribution >= 4 is 17.4 Å². The van der Waals surface area contributed by atoms with Crippen LogP contribution in [0.5, 0.6) is 0 Å². The van der Waals surface area contributed by atoms with Crippen LogP contribution in [0.3, 0.4) is 0 Å². The van der Waals surface area contributed by atoms with Crippen molar-refractivity contribution in [1.82, 2.24) is 5.32 Å². The lowest BCUT2D eigenvalue weighted by Gasteiger charge is -2.07. The van der Waals surface area contributed by atoms with Gasteiger partial charge in [0, 0.05) is 29.9 Å². The summed E-state index contributed by atoms with van der Waals surface area (Å²) in [6.07, 6.45) is 0. The van der Waals surface area contributed by atoms with E-state index in [0.717, 1.165) is 13.1 Å². The van der Waals surface area contributed by atoms with Crippen molar-refractivity contribution in [3.63, 3.8) is 0 Å². The first-order chi connectivity index (χ1) is 10.1. The minimum atomic E-state index is -0.139. The smallest absolute Gasteiger partial charge is 0.255 e. The van der Waals surface area contributed by atoms with Crippen molar-refractivity contribution in [2.45, 2.75) is 20.0 Å². The molecule has 0 fully saturated rings. The molecule has 0 saturated heterocycles. The number of rotatable bonds is 3. The molecule has 106 valence electrons. The average molecular weight is 280 g/mol. The molecule has 2 aromatic carbocycles. The Hall–Kier alpha value is -2.46. The minimum absolute atomic E-state index is 0.0130. The maximum absolute atomic E-state index is 12.2. The Balaban J connectivity index is 1.75. The fourth-order valence-corrected chi connectivity index (χ4v) is 2.43. The van der Waals surface area contributed by atoms with Gasteiger partial charge >= 0.3 is 0 Å². The maximum atomic E-state index is 12.2. The van der Waals surface area contributed by atoms with Gasteiger partial charge in [-0.25, -0.2) is 0 Å². The summed E-state index contributed by atoms with van der Waals surface area (Å²) in [7, 11) is 0. The first-order valence-electron chi connectivity index (χ1n) is 6.88. The fourth-order valence-electron chi connectivity index (χ4n) is 2.43. The standard InChI is InChI=1S/C17H16N2O2/c1-11(20)12-4-6-16(7-5-12)19-17(21)13-2-3-14-9-18-10-15(14)8-13/h2-8,18H,9-10H2,1H3,(H,19,21). The monoisotopic (exact) mass is 280 g/mol. The van der Waals surface area contributed by atoms with Gasteiger partial charge in [0.2, 0.25) is 0 Å². The molecular weight excluding hydrogens is 264 g/mol. The summed E-state index contributed by atoms with van der Waals surface area (Å²) >= 11 is 0. The summed E-state index contributed by atoms with van der Waals surface area (Å²) in [5, 5.41) is 6.10. The quantitative estimate of drug-likeness (QED) is 0.850. The van der Waals surface area contributed by atoms with Crippen molar-refractivity contribution in [3.8, 4) is 0 Å². The molecule has 3 rings (SSSR count). The number of hydrogen-bond acceptors (Lipinski definition) is 3. The number of amides is 1. The zero-order valence-electron chi connectivity index (χ0n) is 11.8. The van der Waals surface area contributed by atoms with Crippen molar-refractivity contribution in [3.05, 3.63) is 64.7 Å². The van der Waals surface area contributed by atoms with E-state index in [9.17, 15) is 9.59 Å². The normalized spacial score (nSPS) is 12.8. The lowest BCUT2D eigenvalue weighted by molar-refractivity contribution is 0.101. The topological polar surface area (TPSA) is 58.2 Å². The summed E-state index contributed by atoms with van der Waals surface area (Å²) in [6, 6.07) is 12.7. The van der Waals surface area contributed by atoms with E-state index in [1.54, 1.807) is 24.3 Å². The number of carbonyl (C=O) groups is 2. The van der Waals surface area contributed by atoms with Gasteiger partial charge in [-0.1, -0.05) is 6.07 Å². The Morgan fingerprint density at radius 1 is 0.952 bits per heavy atom. The van der Waals surface area contributed by atoms with Crippen LogP contribution in [0.4, 0.5) is 5.69 Å². The van der Waals surface area contributed by atoms with Crippen LogP contribution >= 0.6 is 0 Å². The summed E-state index contributed by atoms with van der Waals surface area (Å²) < 4.78 is 0. The molecule has 1 heterocycles. The number of hydrogen-bond donors (Lipinski definition) is 2. The SMILES string of the molecule is CC(=O)c1ccc(NC(=O)c2ccc3c(c2)CNC3)cc1. The molecule has 0 atom stereocenters. The third kappa shape index (κ3) is 2.85. The lowest BCUT2D eigenvalue weighted by Crippen LogP contribution is -2.12. The third-order valence-corrected chi connectivity index (χ3v) is 3.65. The van der Waals surface area contributed by atoms with E-state index in [-0.39, 0.29) is 11.7 Å². The van der Waals surface area contributed by atoms with E-state index < -0.39 is 0 Å². The number of nitrogens with one attached hydrogen (secondary N) is 2.